The highest BCUT2D eigenvalue weighted by Gasteiger charge is 2.22. The van der Waals surface area contributed by atoms with Crippen LogP contribution in [0.25, 0.3) is 0 Å². The molecule has 0 atom stereocenters. The van der Waals surface area contributed by atoms with Crippen LogP contribution in [0.2, 0.25) is 0 Å². The second kappa shape index (κ2) is 6.86. The van der Waals surface area contributed by atoms with E-state index in [9.17, 15) is 10.1 Å². The monoisotopic (exact) mass is 395 g/mol. The molecule has 1 aromatic heterocycles. The third-order valence-electron chi connectivity index (χ3n) is 4.11. The average Bonchev–Trinajstić information content (AvgIpc) is 2.95. The van der Waals surface area contributed by atoms with Crippen molar-refractivity contribution in [1.29, 1.82) is 0 Å². The number of hydrogen-bond donors (Lipinski definition) is 0. The number of aryl methyl sites for hydroxylation is 2. The van der Waals surface area contributed by atoms with E-state index in [1.165, 1.54) is 0 Å². The Morgan fingerprint density at radius 2 is 2.00 bits per heavy atom. The van der Waals surface area contributed by atoms with Crippen LogP contribution >= 0.6 is 15.9 Å². The molecule has 2 heterocycles. The van der Waals surface area contributed by atoms with Crippen molar-refractivity contribution in [3.05, 3.63) is 44.0 Å². The summed E-state index contributed by atoms with van der Waals surface area (Å²) in [7, 11) is 0. The molecule has 1 aromatic carbocycles. The second-order valence-electron chi connectivity index (χ2n) is 5.84. The maximum absolute atomic E-state index is 11.0. The van der Waals surface area contributed by atoms with E-state index in [0.717, 1.165) is 36.3 Å². The van der Waals surface area contributed by atoms with Crippen molar-refractivity contribution in [2.75, 3.05) is 31.1 Å². The molecule has 1 aliphatic rings. The zero-order valence-electron chi connectivity index (χ0n) is 13.5. The Bertz CT molecular complexity index is 756. The van der Waals surface area contributed by atoms with E-state index >= 15 is 0 Å². The van der Waals surface area contributed by atoms with Gasteiger partial charge in [-0.05, 0) is 28.9 Å². The fourth-order valence-electron chi connectivity index (χ4n) is 2.85. The predicted molar refractivity (Wildman–Crippen MR) is 92.1 cm³/mol. The van der Waals surface area contributed by atoms with E-state index in [1.54, 1.807) is 19.9 Å². The molecule has 0 N–H and O–H groups in total. The van der Waals surface area contributed by atoms with Crippen LogP contribution in [0.3, 0.4) is 0 Å². The van der Waals surface area contributed by atoms with Gasteiger partial charge < -0.3 is 9.42 Å². The standard InChI is InChI=1S/C15H18BrN5O3/c1-10-7-14(12(16)8-13(10)21(22)23)20-5-3-19(4-6-20)9-15-17-11(2)24-18-15/h7-8H,3-6,9H2,1-2H3. The molecule has 1 aliphatic heterocycles. The molecule has 128 valence electrons. The van der Waals surface area contributed by atoms with Crippen LogP contribution in [0.5, 0.6) is 0 Å². The molecule has 1 saturated heterocycles. The fraction of sp³-hybridized carbons (Fsp3) is 0.467. The minimum absolute atomic E-state index is 0.136. The minimum atomic E-state index is -0.352. The Balaban J connectivity index is 1.66. The first-order valence-electron chi connectivity index (χ1n) is 7.65. The molecule has 0 bridgehead atoms. The van der Waals surface area contributed by atoms with E-state index in [1.807, 2.05) is 6.07 Å². The topological polar surface area (TPSA) is 88.5 Å². The summed E-state index contributed by atoms with van der Waals surface area (Å²) in [5.41, 5.74) is 1.80. The lowest BCUT2D eigenvalue weighted by molar-refractivity contribution is -0.385. The molecule has 0 aliphatic carbocycles. The lowest BCUT2D eigenvalue weighted by Crippen LogP contribution is -2.46. The second-order valence-corrected chi connectivity index (χ2v) is 6.69. The molecule has 3 rings (SSSR count). The summed E-state index contributed by atoms with van der Waals surface area (Å²) < 4.78 is 5.75. The number of nitro groups is 1. The summed E-state index contributed by atoms with van der Waals surface area (Å²) >= 11 is 3.46. The van der Waals surface area contributed by atoms with Gasteiger partial charge in [-0.1, -0.05) is 5.16 Å². The molecular formula is C15H18BrN5O3. The van der Waals surface area contributed by atoms with Gasteiger partial charge in [-0.25, -0.2) is 0 Å². The number of halogens is 1. The van der Waals surface area contributed by atoms with Crippen LogP contribution < -0.4 is 4.90 Å². The summed E-state index contributed by atoms with van der Waals surface area (Å²) in [5, 5.41) is 15.0. The molecule has 0 saturated carbocycles. The molecule has 9 heteroatoms. The van der Waals surface area contributed by atoms with Crippen LogP contribution in [0.4, 0.5) is 11.4 Å². The molecule has 0 radical (unpaired) electrons. The van der Waals surface area contributed by atoms with Crippen molar-refractivity contribution in [1.82, 2.24) is 15.0 Å². The van der Waals surface area contributed by atoms with Gasteiger partial charge in [0.25, 0.3) is 5.69 Å². The lowest BCUT2D eigenvalue weighted by atomic mass is 10.1. The highest BCUT2D eigenvalue weighted by Crippen LogP contribution is 2.33. The largest absolute Gasteiger partial charge is 0.368 e. The van der Waals surface area contributed by atoms with Crippen LogP contribution in [-0.2, 0) is 6.54 Å². The number of rotatable bonds is 4. The van der Waals surface area contributed by atoms with Gasteiger partial charge >= 0.3 is 0 Å². The van der Waals surface area contributed by atoms with E-state index < -0.39 is 0 Å². The molecule has 24 heavy (non-hydrogen) atoms. The Hall–Kier alpha value is -2.00. The van der Waals surface area contributed by atoms with Crippen molar-refractivity contribution >= 4 is 27.3 Å². The van der Waals surface area contributed by atoms with Gasteiger partial charge in [-0.3, -0.25) is 15.0 Å². The number of hydrogen-bond acceptors (Lipinski definition) is 7. The Labute approximate surface area is 147 Å². The van der Waals surface area contributed by atoms with Crippen molar-refractivity contribution in [2.45, 2.75) is 20.4 Å². The molecule has 0 amide bonds. The third kappa shape index (κ3) is 3.57. The average molecular weight is 396 g/mol. The van der Waals surface area contributed by atoms with Crippen LogP contribution in [-0.4, -0.2) is 46.1 Å². The van der Waals surface area contributed by atoms with E-state index in [-0.39, 0.29) is 10.6 Å². The lowest BCUT2D eigenvalue weighted by Gasteiger charge is -2.36. The van der Waals surface area contributed by atoms with Gasteiger partial charge in [0.05, 0.1) is 17.2 Å². The highest BCUT2D eigenvalue weighted by molar-refractivity contribution is 9.10. The molecular weight excluding hydrogens is 378 g/mol. The van der Waals surface area contributed by atoms with Crippen LogP contribution in [0.1, 0.15) is 17.3 Å². The Morgan fingerprint density at radius 3 is 2.58 bits per heavy atom. The normalized spacial score (nSPS) is 15.7. The van der Waals surface area contributed by atoms with Gasteiger partial charge in [-0.15, -0.1) is 0 Å². The molecule has 1 fully saturated rings. The molecule has 2 aromatic rings. The molecule has 0 spiro atoms. The fourth-order valence-corrected chi connectivity index (χ4v) is 3.43. The quantitative estimate of drug-likeness (QED) is 0.580. The smallest absolute Gasteiger partial charge is 0.273 e. The number of nitro benzene ring substituents is 1. The first kappa shape index (κ1) is 16.8. The third-order valence-corrected chi connectivity index (χ3v) is 4.74. The van der Waals surface area contributed by atoms with Crippen molar-refractivity contribution < 1.29 is 9.45 Å². The van der Waals surface area contributed by atoms with Crippen molar-refractivity contribution in [3.63, 3.8) is 0 Å². The summed E-state index contributed by atoms with van der Waals surface area (Å²) in [5.74, 6) is 1.28. The summed E-state index contributed by atoms with van der Waals surface area (Å²) in [6.07, 6.45) is 0. The number of benzene rings is 1. The van der Waals surface area contributed by atoms with Gasteiger partial charge in [0.2, 0.25) is 5.89 Å². The number of nitrogens with zero attached hydrogens (tertiary/aromatic N) is 5. The van der Waals surface area contributed by atoms with E-state index in [2.05, 4.69) is 35.9 Å². The van der Waals surface area contributed by atoms with Crippen molar-refractivity contribution in [3.8, 4) is 0 Å². The van der Waals surface area contributed by atoms with Crippen molar-refractivity contribution in [2.24, 2.45) is 0 Å². The summed E-state index contributed by atoms with van der Waals surface area (Å²) in [4.78, 5) is 19.4. The van der Waals surface area contributed by atoms with Gasteiger partial charge in [-0.2, -0.15) is 4.98 Å². The molecule has 0 unspecified atom stereocenters. The summed E-state index contributed by atoms with van der Waals surface area (Å²) in [6, 6.07) is 3.46. The minimum Gasteiger partial charge on any atom is -0.368 e. The van der Waals surface area contributed by atoms with Crippen LogP contribution in [0.15, 0.2) is 21.1 Å². The summed E-state index contributed by atoms with van der Waals surface area (Å²) in [6.45, 7) is 7.64. The Kier molecular flexibility index (Phi) is 4.81. The zero-order valence-corrected chi connectivity index (χ0v) is 15.1. The van der Waals surface area contributed by atoms with Gasteiger partial charge in [0.15, 0.2) is 5.82 Å². The van der Waals surface area contributed by atoms with E-state index in [0.29, 0.717) is 23.8 Å². The highest BCUT2D eigenvalue weighted by atomic mass is 79.9. The van der Waals surface area contributed by atoms with Gasteiger partial charge in [0, 0.05) is 49.2 Å². The first-order chi connectivity index (χ1) is 11.4. The molecule has 8 nitrogen and oxygen atoms in total. The number of aromatic nitrogens is 2. The van der Waals surface area contributed by atoms with Crippen LogP contribution in [0, 0.1) is 24.0 Å². The Morgan fingerprint density at radius 1 is 1.29 bits per heavy atom. The van der Waals surface area contributed by atoms with E-state index in [4.69, 9.17) is 4.52 Å². The SMILES string of the molecule is Cc1nc(CN2CCN(c3cc(C)c([N+](=O)[O-])cc3Br)CC2)no1. The maximum Gasteiger partial charge on any atom is 0.273 e. The first-order valence-corrected chi connectivity index (χ1v) is 8.44. The maximum atomic E-state index is 11.0. The zero-order chi connectivity index (χ0) is 17.3. The predicted octanol–water partition coefficient (Wildman–Crippen LogP) is 2.68. The number of anilines is 1. The number of piperazine rings is 1. The van der Waals surface area contributed by atoms with Gasteiger partial charge in [0.1, 0.15) is 0 Å².